The van der Waals surface area contributed by atoms with Crippen molar-refractivity contribution >= 4 is 111 Å². The number of benzene rings is 6. The average molecular weight is 1200 g/mol. The third-order valence-electron chi connectivity index (χ3n) is 10.2. The van der Waals surface area contributed by atoms with Crippen molar-refractivity contribution in [2.24, 2.45) is 0 Å². The van der Waals surface area contributed by atoms with Gasteiger partial charge in [-0.2, -0.15) is 33.7 Å². The van der Waals surface area contributed by atoms with E-state index in [1.807, 2.05) is 97.1 Å². The summed E-state index contributed by atoms with van der Waals surface area (Å²) < 4.78 is 132. The zero-order valence-corrected chi connectivity index (χ0v) is 47.5. The summed E-state index contributed by atoms with van der Waals surface area (Å²) in [6.45, 7) is 0. The second-order valence-corrected chi connectivity index (χ2v) is 24.5. The van der Waals surface area contributed by atoms with Gasteiger partial charge in [0, 0.05) is 56.5 Å². The quantitative estimate of drug-likeness (QED) is 0.0546. The number of aromatic nitrogens is 8. The van der Waals surface area contributed by atoms with Crippen LogP contribution in [0.15, 0.2) is 126 Å². The van der Waals surface area contributed by atoms with Crippen molar-refractivity contribution in [1.82, 2.24) is 39.9 Å². The summed E-state index contributed by atoms with van der Waals surface area (Å²) in [5.74, 6) is 1.50. The van der Waals surface area contributed by atoms with Gasteiger partial charge in [0.15, 0.2) is 9.84 Å². The normalized spacial score (nSPS) is 11.9. The fourth-order valence-corrected chi connectivity index (χ4v) is 8.93. The number of sulfone groups is 1. The second kappa shape index (κ2) is 22.8. The molecule has 2 aliphatic heterocycles. The number of fused-ring (bicyclic) bond motifs is 21. The number of phenolic OH excluding ortho intramolecular Hbond substituents is 1. The molecule has 24 nitrogen and oxygen atoms in total. The average Bonchev–Trinajstić information content (AvgIpc) is 4.04. The molecular formula is C47H41N9O15S5Zn. The van der Waals surface area contributed by atoms with E-state index in [1.54, 1.807) is 0 Å². The first-order chi connectivity index (χ1) is 35.3. The topological polar surface area (TPSA) is 403 Å². The Labute approximate surface area is 452 Å². The molecule has 0 spiro atoms. The van der Waals surface area contributed by atoms with Crippen LogP contribution in [0.25, 0.3) is 100 Å². The molecule has 0 fully saturated rings. The monoisotopic (exact) mass is 1200 g/mol. The van der Waals surface area contributed by atoms with Gasteiger partial charge in [-0.15, -0.1) is 0 Å². The number of nitrogens with zero attached hydrogens (tertiary/aromatic N) is 8. The van der Waals surface area contributed by atoms with Crippen LogP contribution in [0.5, 0.6) is 5.75 Å². The molecule has 0 amide bonds. The Morgan fingerprint density at radius 3 is 1.03 bits per heavy atom. The molecule has 396 valence electrons. The first kappa shape index (κ1) is 59.0. The van der Waals surface area contributed by atoms with Crippen molar-refractivity contribution in [3.05, 3.63) is 127 Å². The smallest absolute Gasteiger partial charge is 0.505 e. The third kappa shape index (κ3) is 15.5. The van der Waals surface area contributed by atoms with Crippen LogP contribution in [0.1, 0.15) is 5.56 Å². The number of phenols is 1. The van der Waals surface area contributed by atoms with E-state index in [-0.39, 0.29) is 36.0 Å². The molecule has 8 bridgehead atoms. The van der Waals surface area contributed by atoms with Gasteiger partial charge in [0.25, 0.3) is 40.5 Å². The van der Waals surface area contributed by atoms with Crippen LogP contribution in [0.3, 0.4) is 0 Å². The van der Waals surface area contributed by atoms with Crippen molar-refractivity contribution in [3.8, 4) is 51.3 Å². The Kier molecular flexibility index (Phi) is 17.4. The van der Waals surface area contributed by atoms with Crippen molar-refractivity contribution in [1.29, 1.82) is 0 Å². The largest absolute Gasteiger partial charge is 2.00 e. The minimum absolute atomic E-state index is 0. The van der Waals surface area contributed by atoms with E-state index in [0.717, 1.165) is 56.1 Å². The number of hydrogen-bond acceptors (Lipinski definition) is 18. The van der Waals surface area contributed by atoms with E-state index in [1.165, 1.54) is 18.2 Å². The van der Waals surface area contributed by atoms with Crippen molar-refractivity contribution in [2.45, 2.75) is 10.6 Å². The first-order valence-corrected chi connectivity index (χ1v) is 30.4. The van der Waals surface area contributed by atoms with Gasteiger partial charge in [-0.05, 0) is 44.6 Å². The van der Waals surface area contributed by atoms with E-state index >= 15 is 0 Å². The number of aromatic hydroxyl groups is 1. The zero-order valence-electron chi connectivity index (χ0n) is 40.5. The van der Waals surface area contributed by atoms with Crippen LogP contribution in [-0.2, 0) is 75.5 Å². The molecule has 30 heteroatoms. The van der Waals surface area contributed by atoms with Gasteiger partial charge < -0.3 is 40.7 Å². The van der Waals surface area contributed by atoms with Gasteiger partial charge in [-0.1, -0.05) is 109 Å². The van der Waals surface area contributed by atoms with E-state index in [0.29, 0.717) is 70.2 Å². The molecule has 0 atom stereocenters. The Morgan fingerprint density at radius 2 is 0.740 bits per heavy atom. The summed E-state index contributed by atoms with van der Waals surface area (Å²) in [6.07, 6.45) is 3.22. The fraction of sp³-hybridized carbons (Fsp3) is 0.106. The van der Waals surface area contributed by atoms with E-state index < -0.39 is 66.6 Å². The van der Waals surface area contributed by atoms with Crippen molar-refractivity contribution < 1.29 is 84.9 Å². The Balaban J connectivity index is 0.000000218. The van der Waals surface area contributed by atoms with Crippen LogP contribution >= 0.6 is 0 Å². The molecule has 0 aliphatic carbocycles. The molecule has 5 heterocycles. The molecule has 0 radical (unpaired) electrons. The van der Waals surface area contributed by atoms with Crippen molar-refractivity contribution in [3.63, 3.8) is 0 Å². The van der Waals surface area contributed by atoms with Gasteiger partial charge in [0.05, 0.1) is 53.5 Å². The summed E-state index contributed by atoms with van der Waals surface area (Å²) in [5, 5.41) is 14.0. The number of rotatable bonds is 3. The van der Waals surface area contributed by atoms with E-state index in [9.17, 15) is 47.2 Å². The summed E-state index contributed by atoms with van der Waals surface area (Å²) in [7, 11) is -18.9. The number of nitrogens with two attached hydrogens (primary N) is 1. The predicted molar refractivity (Wildman–Crippen MR) is 285 cm³/mol. The molecule has 6 aromatic carbocycles. The molecule has 0 saturated heterocycles. The predicted octanol–water partition coefficient (Wildman–Crippen LogP) is 5.56. The fourth-order valence-electron chi connectivity index (χ4n) is 7.49. The standard InChI is InChI=1S/C32H16N8.C12H13NO6S2.3CH4O3S.Zn/c1-2-10-18-17(9-1)25-33-26(18)38-28-21-13-5-6-14-22(21)30(35-28)40-32-24-16-8-7-15-23(24)31(36-32)39-29-20-12-4-3-11-19(20)27(34-29)37-25;1-20(15,16)6-7-2-3-9-8(4-7)5-10(21(17,18)19)11(13)12(9)14;3*1-5(2,3)4;/h1-16H;2-5,14H,6,13H2,1H3,(H,17,18,19);3*1H3,(H,2,3,4);/q-2;;;;;+2. The summed E-state index contributed by atoms with van der Waals surface area (Å²) in [6, 6.07) is 37.3. The molecule has 0 saturated carbocycles. The zero-order chi connectivity index (χ0) is 55.7. The van der Waals surface area contributed by atoms with Gasteiger partial charge >= 0.3 is 19.5 Å². The van der Waals surface area contributed by atoms with Crippen LogP contribution in [0.4, 0.5) is 5.69 Å². The Hall–Kier alpha value is -7.25. The van der Waals surface area contributed by atoms with Crippen LogP contribution < -0.4 is 15.7 Å². The molecule has 11 rings (SSSR count). The van der Waals surface area contributed by atoms with Crippen LogP contribution in [0.2, 0.25) is 0 Å². The molecular weight excluding hydrogens is 1160 g/mol. The van der Waals surface area contributed by atoms with E-state index in [2.05, 4.69) is 0 Å². The van der Waals surface area contributed by atoms with Gasteiger partial charge in [-0.3, -0.25) is 18.2 Å². The van der Waals surface area contributed by atoms with Crippen LogP contribution in [0, 0.1) is 0 Å². The maximum Gasteiger partial charge on any atom is 2.00 e. The maximum absolute atomic E-state index is 11.3. The van der Waals surface area contributed by atoms with E-state index in [4.69, 9.17) is 63.8 Å². The summed E-state index contributed by atoms with van der Waals surface area (Å²) in [4.78, 5) is 38.7. The molecule has 7 N–H and O–H groups in total. The molecule has 77 heavy (non-hydrogen) atoms. The Bertz CT molecular complexity index is 4150. The van der Waals surface area contributed by atoms with Gasteiger partial charge in [0.2, 0.25) is 0 Å². The maximum atomic E-state index is 11.3. The number of hydrogen-bond donors (Lipinski definition) is 6. The number of anilines is 1. The number of nitrogen functional groups attached to an aromatic ring is 1. The third-order valence-corrected chi connectivity index (χ3v) is 12.0. The SMILES string of the molecule is CS(=O)(=O)Cc1ccc2c(O)c(N)c(S(=O)(=O)O)cc2c1.CS(=O)(=O)O.CS(=O)(=O)O.CS(=O)(=O)O.[Zn+2].c1ccc2c(c1)-c1nc-2nc2[n-]c(nc3nc(nc4[n-]c(n1)c1ccccc41)-c1ccccc1-3)c1ccccc21. The summed E-state index contributed by atoms with van der Waals surface area (Å²) >= 11 is 0. The first-order valence-electron chi connectivity index (χ1n) is 21.3. The van der Waals surface area contributed by atoms with Gasteiger partial charge in [-0.25, -0.2) is 18.4 Å². The molecule has 0 unspecified atom stereocenters. The molecule has 9 aromatic rings. The van der Waals surface area contributed by atoms with Crippen molar-refractivity contribution in [2.75, 3.05) is 30.8 Å². The van der Waals surface area contributed by atoms with Crippen LogP contribution in [-0.4, -0.2) is 120 Å². The Morgan fingerprint density at radius 1 is 0.442 bits per heavy atom. The molecule has 2 aliphatic rings. The minimum Gasteiger partial charge on any atom is -0.505 e. The second-order valence-electron chi connectivity index (χ2n) is 16.6. The minimum atomic E-state index is -4.60. The summed E-state index contributed by atoms with van der Waals surface area (Å²) in [5.41, 5.74) is 11.2. The molecule has 3 aromatic heterocycles. The van der Waals surface area contributed by atoms with Gasteiger partial charge in [0.1, 0.15) is 10.6 Å².